The Morgan fingerprint density at radius 3 is 2.60 bits per heavy atom. The number of hydrogen-bond acceptors (Lipinski definition) is 3. The highest BCUT2D eigenvalue weighted by Gasteiger charge is 2.12. The van der Waals surface area contributed by atoms with Crippen LogP contribution in [-0.2, 0) is 12.8 Å². The van der Waals surface area contributed by atoms with Crippen molar-refractivity contribution in [2.45, 2.75) is 39.2 Å². The molecule has 2 rings (SSSR count). The van der Waals surface area contributed by atoms with E-state index in [9.17, 15) is 4.39 Å². The van der Waals surface area contributed by atoms with Gasteiger partial charge in [0.05, 0.1) is 10.7 Å². The van der Waals surface area contributed by atoms with Crippen LogP contribution < -0.4 is 5.32 Å². The quantitative estimate of drug-likeness (QED) is 0.841. The third kappa shape index (κ3) is 4.69. The van der Waals surface area contributed by atoms with Crippen LogP contribution in [0.5, 0.6) is 0 Å². The lowest BCUT2D eigenvalue weighted by molar-refractivity contribution is 0.500. The van der Waals surface area contributed by atoms with Gasteiger partial charge in [0.25, 0.3) is 0 Å². The minimum atomic E-state index is -0.179. The van der Waals surface area contributed by atoms with E-state index in [1.165, 1.54) is 12.1 Å². The standard InChI is InChI=1S/C16H21FN2S/c1-3-8-18-15(10-16-11-20-12(2)19-16)9-13-4-6-14(17)7-5-13/h4-7,11,15,18H,3,8-10H2,1-2H3. The molecular formula is C16H21FN2S. The Kier molecular flexibility index (Phi) is 5.68. The van der Waals surface area contributed by atoms with Crippen molar-refractivity contribution >= 4 is 11.3 Å². The monoisotopic (exact) mass is 292 g/mol. The Morgan fingerprint density at radius 1 is 1.25 bits per heavy atom. The number of nitrogens with zero attached hydrogens (tertiary/aromatic N) is 1. The predicted molar refractivity (Wildman–Crippen MR) is 82.7 cm³/mol. The fourth-order valence-electron chi connectivity index (χ4n) is 2.22. The molecular weight excluding hydrogens is 271 g/mol. The molecule has 1 heterocycles. The van der Waals surface area contributed by atoms with Gasteiger partial charge in [-0.2, -0.15) is 0 Å². The van der Waals surface area contributed by atoms with Crippen molar-refractivity contribution in [3.05, 3.63) is 51.7 Å². The van der Waals surface area contributed by atoms with E-state index >= 15 is 0 Å². The lowest BCUT2D eigenvalue weighted by atomic mass is 10.0. The summed E-state index contributed by atoms with van der Waals surface area (Å²) in [5.74, 6) is -0.179. The van der Waals surface area contributed by atoms with Crippen LogP contribution in [0.2, 0.25) is 0 Å². The summed E-state index contributed by atoms with van der Waals surface area (Å²) in [5.41, 5.74) is 2.30. The molecule has 1 aromatic heterocycles. The van der Waals surface area contributed by atoms with E-state index in [0.717, 1.165) is 42.1 Å². The van der Waals surface area contributed by atoms with Gasteiger partial charge in [-0.3, -0.25) is 0 Å². The van der Waals surface area contributed by atoms with E-state index < -0.39 is 0 Å². The number of thiazole rings is 1. The van der Waals surface area contributed by atoms with E-state index in [4.69, 9.17) is 0 Å². The van der Waals surface area contributed by atoms with Gasteiger partial charge in [0.15, 0.2) is 0 Å². The van der Waals surface area contributed by atoms with Crippen LogP contribution in [0.1, 0.15) is 29.6 Å². The number of aromatic nitrogens is 1. The van der Waals surface area contributed by atoms with Gasteiger partial charge < -0.3 is 5.32 Å². The van der Waals surface area contributed by atoms with E-state index in [0.29, 0.717) is 6.04 Å². The molecule has 20 heavy (non-hydrogen) atoms. The van der Waals surface area contributed by atoms with Gasteiger partial charge in [-0.25, -0.2) is 9.37 Å². The molecule has 0 saturated carbocycles. The first-order valence-corrected chi connectivity index (χ1v) is 7.94. The zero-order valence-electron chi connectivity index (χ0n) is 12.0. The number of aryl methyl sites for hydroxylation is 1. The van der Waals surface area contributed by atoms with E-state index in [2.05, 4.69) is 22.6 Å². The summed E-state index contributed by atoms with van der Waals surface area (Å²) in [5, 5.41) is 6.79. The SMILES string of the molecule is CCCNC(Cc1ccc(F)cc1)Cc1csc(C)n1. The molecule has 0 bridgehead atoms. The molecule has 1 N–H and O–H groups in total. The maximum Gasteiger partial charge on any atom is 0.123 e. The average Bonchev–Trinajstić information content (AvgIpc) is 2.84. The number of halogens is 1. The lowest BCUT2D eigenvalue weighted by Crippen LogP contribution is -2.34. The molecule has 0 aliphatic rings. The van der Waals surface area contributed by atoms with Crippen molar-refractivity contribution in [2.24, 2.45) is 0 Å². The van der Waals surface area contributed by atoms with Crippen molar-refractivity contribution < 1.29 is 4.39 Å². The molecule has 108 valence electrons. The Morgan fingerprint density at radius 2 is 2.00 bits per heavy atom. The van der Waals surface area contributed by atoms with Gasteiger partial charge in [-0.05, 0) is 44.0 Å². The second kappa shape index (κ2) is 7.50. The Hall–Kier alpha value is -1.26. The second-order valence-corrected chi connectivity index (χ2v) is 6.11. The number of rotatable bonds is 7. The first-order valence-electron chi connectivity index (χ1n) is 7.06. The Labute approximate surface area is 124 Å². The van der Waals surface area contributed by atoms with Crippen LogP contribution in [0.3, 0.4) is 0 Å². The molecule has 2 aromatic rings. The molecule has 0 aliphatic carbocycles. The van der Waals surface area contributed by atoms with E-state index in [1.807, 2.05) is 19.1 Å². The topological polar surface area (TPSA) is 24.9 Å². The van der Waals surface area contributed by atoms with Gasteiger partial charge in [-0.15, -0.1) is 11.3 Å². The van der Waals surface area contributed by atoms with Gasteiger partial charge >= 0.3 is 0 Å². The fraction of sp³-hybridized carbons (Fsp3) is 0.438. The van der Waals surface area contributed by atoms with Gasteiger partial charge in [0, 0.05) is 17.8 Å². The Bertz CT molecular complexity index is 522. The molecule has 4 heteroatoms. The van der Waals surface area contributed by atoms with E-state index in [-0.39, 0.29) is 5.82 Å². The summed E-state index contributed by atoms with van der Waals surface area (Å²) in [6.45, 7) is 5.19. The first kappa shape index (κ1) is 15.1. The van der Waals surface area contributed by atoms with Crippen molar-refractivity contribution in [2.75, 3.05) is 6.54 Å². The summed E-state index contributed by atoms with van der Waals surface area (Å²) in [4.78, 5) is 4.53. The highest BCUT2D eigenvalue weighted by molar-refractivity contribution is 7.09. The molecule has 0 spiro atoms. The molecule has 1 unspecified atom stereocenters. The zero-order valence-corrected chi connectivity index (χ0v) is 12.8. The maximum absolute atomic E-state index is 13.0. The maximum atomic E-state index is 13.0. The van der Waals surface area contributed by atoms with Crippen molar-refractivity contribution in [1.82, 2.24) is 10.3 Å². The normalized spacial score (nSPS) is 12.6. The molecule has 2 nitrogen and oxygen atoms in total. The Balaban J connectivity index is 2.00. The van der Waals surface area contributed by atoms with Crippen molar-refractivity contribution in [1.29, 1.82) is 0 Å². The minimum Gasteiger partial charge on any atom is -0.313 e. The molecule has 0 amide bonds. The summed E-state index contributed by atoms with van der Waals surface area (Å²) in [7, 11) is 0. The van der Waals surface area contributed by atoms with Crippen LogP contribution in [0, 0.1) is 12.7 Å². The summed E-state index contributed by atoms with van der Waals surface area (Å²) in [6.07, 6.45) is 2.93. The molecule has 0 saturated heterocycles. The van der Waals surface area contributed by atoms with Crippen LogP contribution in [0.4, 0.5) is 4.39 Å². The lowest BCUT2D eigenvalue weighted by Gasteiger charge is -2.17. The number of benzene rings is 1. The highest BCUT2D eigenvalue weighted by Crippen LogP contribution is 2.13. The zero-order chi connectivity index (χ0) is 14.4. The van der Waals surface area contributed by atoms with Crippen LogP contribution in [-0.4, -0.2) is 17.6 Å². The van der Waals surface area contributed by atoms with Crippen LogP contribution >= 0.6 is 11.3 Å². The minimum absolute atomic E-state index is 0.179. The predicted octanol–water partition coefficient (Wildman–Crippen LogP) is 3.74. The van der Waals surface area contributed by atoms with Crippen LogP contribution in [0.15, 0.2) is 29.6 Å². The van der Waals surface area contributed by atoms with Gasteiger partial charge in [-0.1, -0.05) is 19.1 Å². The average molecular weight is 292 g/mol. The largest absolute Gasteiger partial charge is 0.313 e. The molecule has 0 radical (unpaired) electrons. The van der Waals surface area contributed by atoms with Gasteiger partial charge in [0.1, 0.15) is 5.82 Å². The highest BCUT2D eigenvalue weighted by atomic mass is 32.1. The number of nitrogens with one attached hydrogen (secondary N) is 1. The molecule has 0 fully saturated rings. The van der Waals surface area contributed by atoms with Crippen LogP contribution in [0.25, 0.3) is 0 Å². The fourth-order valence-corrected chi connectivity index (χ4v) is 2.85. The van der Waals surface area contributed by atoms with Crippen molar-refractivity contribution in [3.8, 4) is 0 Å². The third-order valence-electron chi connectivity index (χ3n) is 3.20. The molecule has 1 aromatic carbocycles. The summed E-state index contributed by atoms with van der Waals surface area (Å²) < 4.78 is 13.0. The third-order valence-corrected chi connectivity index (χ3v) is 4.02. The van der Waals surface area contributed by atoms with Crippen molar-refractivity contribution in [3.63, 3.8) is 0 Å². The first-order chi connectivity index (χ1) is 9.67. The number of hydrogen-bond donors (Lipinski definition) is 1. The van der Waals surface area contributed by atoms with Gasteiger partial charge in [0.2, 0.25) is 0 Å². The second-order valence-electron chi connectivity index (χ2n) is 5.04. The molecule has 0 aliphatic heterocycles. The smallest absolute Gasteiger partial charge is 0.123 e. The summed E-state index contributed by atoms with van der Waals surface area (Å²) in [6, 6.07) is 7.13. The molecule has 1 atom stereocenters. The van der Waals surface area contributed by atoms with E-state index in [1.54, 1.807) is 11.3 Å². The summed E-state index contributed by atoms with van der Waals surface area (Å²) >= 11 is 1.69.